The molecule has 0 bridgehead atoms. The first-order valence-electron chi connectivity index (χ1n) is 12.9. The van der Waals surface area contributed by atoms with Crippen molar-refractivity contribution in [2.75, 3.05) is 40.6 Å². The standard InChI is InChI=1S/C19H21N3O5.C9H8ClN3O2/c1-4-26-19(23)14-10-20-18-16(21-11-22-17(14)18)13-6-5-12(25-3)9-15(13)27-8-7-24-2;1-2-15-9(14)5-3-11-7-6(5)12-4-13-8(7)10/h5-6,9-11,20H,4,7-8H2,1-3H3;3-4,11H,2H2,1H3. The van der Waals surface area contributed by atoms with Crippen LogP contribution in [0.2, 0.25) is 5.15 Å². The van der Waals surface area contributed by atoms with E-state index in [0.717, 1.165) is 5.56 Å². The van der Waals surface area contributed by atoms with Gasteiger partial charge < -0.3 is 33.7 Å². The molecule has 0 aliphatic rings. The van der Waals surface area contributed by atoms with Crippen LogP contribution >= 0.6 is 11.6 Å². The van der Waals surface area contributed by atoms with Crippen LogP contribution in [-0.4, -0.2) is 82.5 Å². The molecule has 220 valence electrons. The van der Waals surface area contributed by atoms with Crippen molar-refractivity contribution < 1.29 is 33.3 Å². The van der Waals surface area contributed by atoms with Crippen LogP contribution in [0.25, 0.3) is 33.3 Å². The summed E-state index contributed by atoms with van der Waals surface area (Å²) in [5.74, 6) is 0.409. The van der Waals surface area contributed by atoms with Gasteiger partial charge in [-0.05, 0) is 26.0 Å². The summed E-state index contributed by atoms with van der Waals surface area (Å²) in [7, 11) is 3.20. The van der Waals surface area contributed by atoms with Gasteiger partial charge in [0.2, 0.25) is 0 Å². The first-order valence-corrected chi connectivity index (χ1v) is 13.2. The van der Waals surface area contributed by atoms with Crippen molar-refractivity contribution in [1.82, 2.24) is 29.9 Å². The van der Waals surface area contributed by atoms with E-state index in [-0.39, 0.29) is 5.15 Å². The molecule has 0 atom stereocenters. The first-order chi connectivity index (χ1) is 20.4. The lowest BCUT2D eigenvalue weighted by molar-refractivity contribution is 0.0518. The zero-order chi connectivity index (χ0) is 30.1. The van der Waals surface area contributed by atoms with E-state index in [1.54, 1.807) is 40.3 Å². The molecule has 1 aromatic carbocycles. The molecule has 0 spiro atoms. The highest BCUT2D eigenvalue weighted by atomic mass is 35.5. The summed E-state index contributed by atoms with van der Waals surface area (Å²) in [6.45, 7) is 4.95. The summed E-state index contributed by atoms with van der Waals surface area (Å²) >= 11 is 5.82. The van der Waals surface area contributed by atoms with Gasteiger partial charge >= 0.3 is 11.9 Å². The number of fused-ring (bicyclic) bond motifs is 2. The molecule has 0 radical (unpaired) electrons. The second kappa shape index (κ2) is 14.2. The van der Waals surface area contributed by atoms with E-state index >= 15 is 0 Å². The van der Waals surface area contributed by atoms with Crippen LogP contribution in [0, 0.1) is 0 Å². The number of ether oxygens (including phenoxy) is 5. The number of rotatable bonds is 10. The highest BCUT2D eigenvalue weighted by Crippen LogP contribution is 2.36. The number of methoxy groups -OCH3 is 2. The van der Waals surface area contributed by atoms with Crippen molar-refractivity contribution in [3.63, 3.8) is 0 Å². The molecule has 0 aliphatic carbocycles. The molecule has 14 heteroatoms. The Balaban J connectivity index is 0.000000227. The van der Waals surface area contributed by atoms with Gasteiger partial charge in [-0.2, -0.15) is 0 Å². The molecule has 0 amide bonds. The molecule has 2 N–H and O–H groups in total. The molecule has 5 rings (SSSR count). The lowest BCUT2D eigenvalue weighted by Crippen LogP contribution is -2.06. The first kappa shape index (κ1) is 30.2. The highest BCUT2D eigenvalue weighted by molar-refractivity contribution is 6.34. The van der Waals surface area contributed by atoms with Crippen LogP contribution in [0.3, 0.4) is 0 Å². The van der Waals surface area contributed by atoms with Crippen molar-refractivity contribution in [3.8, 4) is 22.8 Å². The molecular formula is C28H29ClN6O7. The van der Waals surface area contributed by atoms with E-state index in [2.05, 4.69) is 29.9 Å². The van der Waals surface area contributed by atoms with E-state index in [9.17, 15) is 9.59 Å². The van der Waals surface area contributed by atoms with Gasteiger partial charge in [0.1, 0.15) is 64.1 Å². The summed E-state index contributed by atoms with van der Waals surface area (Å²) < 4.78 is 26.1. The van der Waals surface area contributed by atoms with Crippen molar-refractivity contribution in [1.29, 1.82) is 0 Å². The quantitative estimate of drug-likeness (QED) is 0.131. The predicted molar refractivity (Wildman–Crippen MR) is 154 cm³/mol. The molecule has 4 heterocycles. The fourth-order valence-electron chi connectivity index (χ4n) is 3.96. The Morgan fingerprint density at radius 3 is 2.07 bits per heavy atom. The van der Waals surface area contributed by atoms with Crippen molar-refractivity contribution in [2.24, 2.45) is 0 Å². The Morgan fingerprint density at radius 2 is 1.45 bits per heavy atom. The molecule has 42 heavy (non-hydrogen) atoms. The Kier molecular flexibility index (Phi) is 10.2. The van der Waals surface area contributed by atoms with Gasteiger partial charge in [0.05, 0.1) is 32.4 Å². The average Bonchev–Trinajstić information content (AvgIpc) is 3.64. The second-order valence-electron chi connectivity index (χ2n) is 8.38. The Hall–Kier alpha value is -4.75. The third-order valence-electron chi connectivity index (χ3n) is 5.86. The number of H-pyrrole nitrogens is 2. The number of esters is 2. The number of carbonyl (C=O) groups excluding carboxylic acids is 2. The van der Waals surface area contributed by atoms with Gasteiger partial charge in [0.25, 0.3) is 0 Å². The van der Waals surface area contributed by atoms with E-state index in [1.807, 2.05) is 12.1 Å². The molecule has 0 aliphatic heterocycles. The van der Waals surface area contributed by atoms with Crippen LogP contribution in [0.5, 0.6) is 11.5 Å². The largest absolute Gasteiger partial charge is 0.497 e. The van der Waals surface area contributed by atoms with Crippen LogP contribution in [0.15, 0.2) is 43.2 Å². The Labute approximate surface area is 245 Å². The highest BCUT2D eigenvalue weighted by Gasteiger charge is 2.20. The van der Waals surface area contributed by atoms with E-state index in [1.165, 1.54) is 18.9 Å². The van der Waals surface area contributed by atoms with Gasteiger partial charge in [0.15, 0.2) is 5.15 Å². The molecular weight excluding hydrogens is 568 g/mol. The minimum absolute atomic E-state index is 0.288. The smallest absolute Gasteiger partial charge is 0.341 e. The van der Waals surface area contributed by atoms with E-state index in [4.69, 9.17) is 35.3 Å². The van der Waals surface area contributed by atoms with E-state index < -0.39 is 11.9 Å². The minimum atomic E-state index is -0.431. The summed E-state index contributed by atoms with van der Waals surface area (Å²) in [6.07, 6.45) is 5.82. The molecule has 13 nitrogen and oxygen atoms in total. The summed E-state index contributed by atoms with van der Waals surface area (Å²) in [4.78, 5) is 45.9. The lowest BCUT2D eigenvalue weighted by Gasteiger charge is -2.13. The lowest BCUT2D eigenvalue weighted by atomic mass is 10.1. The van der Waals surface area contributed by atoms with Crippen LogP contribution in [-0.2, 0) is 14.2 Å². The maximum atomic E-state index is 12.1. The Bertz CT molecular complexity index is 1690. The molecule has 0 fully saturated rings. The zero-order valence-corrected chi connectivity index (χ0v) is 24.2. The topological polar surface area (TPSA) is 163 Å². The van der Waals surface area contributed by atoms with Crippen molar-refractivity contribution >= 4 is 45.6 Å². The van der Waals surface area contributed by atoms with Crippen LogP contribution < -0.4 is 9.47 Å². The fourth-order valence-corrected chi connectivity index (χ4v) is 4.15. The third-order valence-corrected chi connectivity index (χ3v) is 6.15. The van der Waals surface area contributed by atoms with Crippen LogP contribution in [0.4, 0.5) is 0 Å². The SMILES string of the molecule is CCOC(=O)c1c[nH]c2c(-c3ccc(OC)cc3OCCOC)ncnc12.CCOC(=O)c1c[nH]c2c(Cl)ncnc12. The summed E-state index contributed by atoms with van der Waals surface area (Å²) in [6, 6.07) is 5.46. The van der Waals surface area contributed by atoms with Gasteiger partial charge in [-0.15, -0.1) is 0 Å². The number of aromatic nitrogens is 6. The number of hydrogen-bond acceptors (Lipinski definition) is 11. The van der Waals surface area contributed by atoms with Gasteiger partial charge in [-0.25, -0.2) is 29.5 Å². The number of benzene rings is 1. The van der Waals surface area contributed by atoms with Gasteiger partial charge in [-0.1, -0.05) is 11.6 Å². The molecule has 4 aromatic heterocycles. The van der Waals surface area contributed by atoms with Gasteiger partial charge in [0, 0.05) is 31.1 Å². The van der Waals surface area contributed by atoms with Crippen molar-refractivity contribution in [3.05, 3.63) is 59.5 Å². The Morgan fingerprint density at radius 1 is 0.833 bits per heavy atom. The number of hydrogen-bond donors (Lipinski definition) is 2. The number of aromatic amines is 2. The maximum Gasteiger partial charge on any atom is 0.341 e. The molecule has 0 unspecified atom stereocenters. The fraction of sp³-hybridized carbons (Fsp3) is 0.286. The van der Waals surface area contributed by atoms with E-state index in [0.29, 0.717) is 76.8 Å². The predicted octanol–water partition coefficient (Wildman–Crippen LogP) is 4.62. The molecule has 5 aromatic rings. The van der Waals surface area contributed by atoms with Crippen molar-refractivity contribution in [2.45, 2.75) is 13.8 Å². The number of nitrogens with zero attached hydrogens (tertiary/aromatic N) is 4. The average molecular weight is 597 g/mol. The third kappa shape index (κ3) is 6.58. The molecule has 0 saturated heterocycles. The summed E-state index contributed by atoms with van der Waals surface area (Å²) in [5, 5.41) is 0.288. The maximum absolute atomic E-state index is 12.1. The minimum Gasteiger partial charge on any atom is -0.497 e. The van der Waals surface area contributed by atoms with Crippen LogP contribution in [0.1, 0.15) is 34.6 Å². The zero-order valence-electron chi connectivity index (χ0n) is 23.4. The number of nitrogens with one attached hydrogen (secondary N) is 2. The number of halogens is 1. The second-order valence-corrected chi connectivity index (χ2v) is 8.74. The summed E-state index contributed by atoms with van der Waals surface area (Å²) in [5.41, 5.74) is 4.25. The molecule has 0 saturated carbocycles. The number of carbonyl (C=O) groups is 2. The van der Waals surface area contributed by atoms with Gasteiger partial charge in [-0.3, -0.25) is 0 Å². The monoisotopic (exact) mass is 596 g/mol. The normalized spacial score (nSPS) is 10.7.